The smallest absolute Gasteiger partial charge is 0.123 e. The van der Waals surface area contributed by atoms with Crippen LogP contribution in [0.4, 0.5) is 0 Å². The summed E-state index contributed by atoms with van der Waals surface area (Å²) < 4.78 is 0. The van der Waals surface area contributed by atoms with E-state index in [4.69, 9.17) is 11.5 Å². The lowest BCUT2D eigenvalue weighted by atomic mass is 10.4. The van der Waals surface area contributed by atoms with Crippen LogP contribution in [-0.4, -0.2) is 23.2 Å². The Hall–Kier alpha value is -1.92. The van der Waals surface area contributed by atoms with Gasteiger partial charge in [0.05, 0.1) is 0 Å². The zero-order valence-electron chi connectivity index (χ0n) is 13.5. The van der Waals surface area contributed by atoms with Gasteiger partial charge in [-0.25, -0.2) is 0 Å². The highest BCUT2D eigenvalue weighted by Crippen LogP contribution is 2.18. The van der Waals surface area contributed by atoms with Crippen LogP contribution in [-0.2, 0) is 0 Å². The summed E-state index contributed by atoms with van der Waals surface area (Å²) in [6, 6.07) is 20.4. The maximum absolute atomic E-state index is 5.87. The molecule has 2 aromatic rings. The van der Waals surface area contributed by atoms with Gasteiger partial charge in [-0.1, -0.05) is 36.4 Å². The van der Waals surface area contributed by atoms with Crippen molar-refractivity contribution in [3.05, 3.63) is 60.7 Å². The largest absolute Gasteiger partial charge is 0.386 e. The van der Waals surface area contributed by atoms with Gasteiger partial charge in [-0.2, -0.15) is 0 Å². The first-order chi connectivity index (χ1) is 11.7. The van der Waals surface area contributed by atoms with E-state index in [9.17, 15) is 0 Å². The zero-order chi connectivity index (χ0) is 17.0. The zero-order valence-corrected chi connectivity index (χ0v) is 15.1. The van der Waals surface area contributed by atoms with Gasteiger partial charge in [-0.15, -0.1) is 33.7 Å². The van der Waals surface area contributed by atoms with Crippen LogP contribution in [0.1, 0.15) is 12.8 Å². The third-order valence-electron chi connectivity index (χ3n) is 3.05. The van der Waals surface area contributed by atoms with Gasteiger partial charge in [0.2, 0.25) is 0 Å². The third-order valence-corrected chi connectivity index (χ3v) is 5.07. The fraction of sp³-hybridized carbons (Fsp3) is 0.222. The molecule has 0 radical (unpaired) electrons. The summed E-state index contributed by atoms with van der Waals surface area (Å²) in [6.07, 6.45) is 1.38. The summed E-state index contributed by atoms with van der Waals surface area (Å²) in [6.45, 7) is 0. The van der Waals surface area contributed by atoms with Crippen LogP contribution >= 0.6 is 23.5 Å². The molecule has 0 aliphatic carbocycles. The maximum atomic E-state index is 5.87. The van der Waals surface area contributed by atoms with Crippen LogP contribution in [0, 0.1) is 0 Å². The van der Waals surface area contributed by atoms with Crippen LogP contribution in [0.3, 0.4) is 0 Å². The molecule has 0 atom stereocenters. The number of amidine groups is 2. The van der Waals surface area contributed by atoms with Crippen molar-refractivity contribution in [2.75, 3.05) is 11.5 Å². The normalized spacial score (nSPS) is 12.3. The first kappa shape index (κ1) is 18.4. The SMILES string of the molecule is N/C(CCSc1ccccc1)=N\N=C(/N)CCSc1ccccc1. The fourth-order valence-corrected chi connectivity index (χ4v) is 3.60. The Kier molecular flexibility index (Phi) is 8.27. The molecule has 126 valence electrons. The van der Waals surface area contributed by atoms with Crippen molar-refractivity contribution in [3.63, 3.8) is 0 Å². The van der Waals surface area contributed by atoms with E-state index >= 15 is 0 Å². The topological polar surface area (TPSA) is 76.8 Å². The maximum Gasteiger partial charge on any atom is 0.123 e. The molecule has 0 aliphatic rings. The summed E-state index contributed by atoms with van der Waals surface area (Å²) >= 11 is 3.50. The van der Waals surface area contributed by atoms with E-state index in [0.717, 1.165) is 11.5 Å². The van der Waals surface area contributed by atoms with Crippen molar-refractivity contribution in [2.45, 2.75) is 22.6 Å². The van der Waals surface area contributed by atoms with Crippen molar-refractivity contribution in [3.8, 4) is 0 Å². The third kappa shape index (κ3) is 7.57. The monoisotopic (exact) mass is 358 g/mol. The Balaban J connectivity index is 1.66. The number of hydrogen-bond acceptors (Lipinski definition) is 4. The second-order valence-corrected chi connectivity index (χ2v) is 7.34. The first-order valence-electron chi connectivity index (χ1n) is 7.74. The van der Waals surface area contributed by atoms with Gasteiger partial charge in [-0.05, 0) is 24.3 Å². The molecule has 0 heterocycles. The van der Waals surface area contributed by atoms with E-state index in [0.29, 0.717) is 24.5 Å². The summed E-state index contributed by atoms with van der Waals surface area (Å²) in [7, 11) is 0. The number of benzene rings is 2. The van der Waals surface area contributed by atoms with Crippen molar-refractivity contribution < 1.29 is 0 Å². The lowest BCUT2D eigenvalue weighted by molar-refractivity contribution is 1.11. The molecule has 0 aliphatic heterocycles. The summed E-state index contributed by atoms with van der Waals surface area (Å²) in [4.78, 5) is 2.46. The second kappa shape index (κ2) is 10.8. The predicted octanol–water partition coefficient (Wildman–Crippen LogP) is 3.98. The highest BCUT2D eigenvalue weighted by atomic mass is 32.2. The van der Waals surface area contributed by atoms with Crippen molar-refractivity contribution >= 4 is 35.2 Å². The molecular weight excluding hydrogens is 336 g/mol. The standard InChI is InChI=1S/C18H22N4S2/c19-17(11-13-23-15-7-3-1-4-8-15)21-22-18(20)12-14-24-16-9-5-2-6-10-16/h1-10H,11-14H2,(H2,19,21)(H2,20,22). The van der Waals surface area contributed by atoms with Gasteiger partial charge in [0.15, 0.2) is 0 Å². The Morgan fingerprint density at radius 1 is 0.667 bits per heavy atom. The number of nitrogens with two attached hydrogens (primary N) is 2. The lowest BCUT2D eigenvalue weighted by Gasteiger charge is -2.02. The second-order valence-electron chi connectivity index (χ2n) is 5.01. The minimum absolute atomic E-state index is 0.511. The summed E-state index contributed by atoms with van der Waals surface area (Å²) in [5, 5.41) is 8.03. The molecule has 6 heteroatoms. The van der Waals surface area contributed by atoms with Gasteiger partial charge in [0.25, 0.3) is 0 Å². The molecule has 2 rings (SSSR count). The van der Waals surface area contributed by atoms with Crippen molar-refractivity contribution in [2.24, 2.45) is 21.7 Å². The number of thioether (sulfide) groups is 2. The van der Waals surface area contributed by atoms with Crippen molar-refractivity contribution in [1.29, 1.82) is 0 Å². The minimum Gasteiger partial charge on any atom is -0.386 e. The average Bonchev–Trinajstić information content (AvgIpc) is 2.62. The van der Waals surface area contributed by atoms with Crippen LogP contribution in [0.5, 0.6) is 0 Å². The Labute approximate surface area is 151 Å². The molecule has 0 bridgehead atoms. The summed E-state index contributed by atoms with van der Waals surface area (Å²) in [5.41, 5.74) is 11.7. The molecule has 0 spiro atoms. The lowest BCUT2D eigenvalue weighted by Crippen LogP contribution is -2.15. The molecule has 0 saturated heterocycles. The Morgan fingerprint density at radius 3 is 1.42 bits per heavy atom. The molecule has 0 fully saturated rings. The molecular formula is C18H22N4S2. The molecule has 4 nitrogen and oxygen atoms in total. The molecule has 24 heavy (non-hydrogen) atoms. The van der Waals surface area contributed by atoms with Crippen LogP contribution in [0.25, 0.3) is 0 Å². The average molecular weight is 359 g/mol. The van der Waals surface area contributed by atoms with Gasteiger partial charge in [-0.3, -0.25) is 0 Å². The number of hydrogen-bond donors (Lipinski definition) is 2. The van der Waals surface area contributed by atoms with Gasteiger partial charge >= 0.3 is 0 Å². The van der Waals surface area contributed by atoms with E-state index in [1.165, 1.54) is 9.79 Å². The summed E-state index contributed by atoms with van der Waals surface area (Å²) in [5.74, 6) is 2.77. The number of rotatable bonds is 9. The minimum atomic E-state index is 0.511. The fourth-order valence-electron chi connectivity index (χ4n) is 1.81. The van der Waals surface area contributed by atoms with Crippen LogP contribution in [0.2, 0.25) is 0 Å². The molecule has 2 aromatic carbocycles. The van der Waals surface area contributed by atoms with Gasteiger partial charge in [0, 0.05) is 34.1 Å². The highest BCUT2D eigenvalue weighted by Gasteiger charge is 1.98. The molecule has 0 aromatic heterocycles. The van der Waals surface area contributed by atoms with E-state index in [1.807, 2.05) is 36.4 Å². The Bertz CT molecular complexity index is 598. The van der Waals surface area contributed by atoms with Gasteiger partial charge < -0.3 is 11.5 Å². The van der Waals surface area contributed by atoms with E-state index in [-0.39, 0.29) is 0 Å². The van der Waals surface area contributed by atoms with Crippen molar-refractivity contribution in [1.82, 2.24) is 0 Å². The van der Waals surface area contributed by atoms with Crippen LogP contribution in [0.15, 0.2) is 80.7 Å². The predicted molar refractivity (Wildman–Crippen MR) is 107 cm³/mol. The molecule has 0 saturated carbocycles. The molecule has 4 N–H and O–H groups in total. The van der Waals surface area contributed by atoms with E-state index in [1.54, 1.807) is 23.5 Å². The molecule has 0 unspecified atom stereocenters. The molecule has 0 amide bonds. The van der Waals surface area contributed by atoms with Gasteiger partial charge in [0.1, 0.15) is 11.7 Å². The highest BCUT2D eigenvalue weighted by molar-refractivity contribution is 7.99. The van der Waals surface area contributed by atoms with E-state index < -0.39 is 0 Å². The number of nitrogens with zero attached hydrogens (tertiary/aromatic N) is 2. The Morgan fingerprint density at radius 2 is 1.04 bits per heavy atom. The van der Waals surface area contributed by atoms with Crippen LogP contribution < -0.4 is 11.5 Å². The van der Waals surface area contributed by atoms with E-state index in [2.05, 4.69) is 34.5 Å². The quantitative estimate of drug-likeness (QED) is 0.308. The first-order valence-corrected chi connectivity index (χ1v) is 9.71.